The molecule has 0 bridgehead atoms. The third kappa shape index (κ3) is 5.51. The Labute approximate surface area is 202 Å². The van der Waals surface area contributed by atoms with E-state index in [1.807, 2.05) is 30.8 Å². The lowest BCUT2D eigenvalue weighted by Crippen LogP contribution is -2.32. The molecule has 2 heterocycles. The lowest BCUT2D eigenvalue weighted by atomic mass is 10.2. The number of aliphatic hydroxyl groups excluding tert-OH is 1. The molecule has 0 fully saturated rings. The van der Waals surface area contributed by atoms with Crippen molar-refractivity contribution < 1.29 is 9.84 Å². The molecular weight excluding hydrogens is 424 g/mol. The minimum absolute atomic E-state index is 0.448. The molecule has 2 aromatic carbocycles. The number of aliphatic hydroxyl groups is 1. The van der Waals surface area contributed by atoms with Crippen LogP contribution in [0.25, 0.3) is 10.9 Å². The lowest BCUT2D eigenvalue weighted by molar-refractivity contribution is 0.108. The van der Waals surface area contributed by atoms with Gasteiger partial charge in [-0.05, 0) is 70.1 Å². The first kappa shape index (κ1) is 24.0. The van der Waals surface area contributed by atoms with Crippen LogP contribution in [0.3, 0.4) is 0 Å². The van der Waals surface area contributed by atoms with Gasteiger partial charge in [-0.15, -0.1) is 0 Å². The highest BCUT2D eigenvalue weighted by Crippen LogP contribution is 2.25. The molecular formula is C28H36N4O2. The van der Waals surface area contributed by atoms with Gasteiger partial charge in [0.15, 0.2) is 0 Å². The predicted molar refractivity (Wildman–Crippen MR) is 137 cm³/mol. The van der Waals surface area contributed by atoms with Gasteiger partial charge < -0.3 is 14.4 Å². The van der Waals surface area contributed by atoms with E-state index in [-0.39, 0.29) is 0 Å². The van der Waals surface area contributed by atoms with Crippen LogP contribution < -0.4 is 4.74 Å². The fraction of sp³-hybridized carbons (Fsp3) is 0.393. The number of aryl methyl sites for hydroxylation is 3. The SMILES string of the molecule is Cc1cc(C)n(CCOc2ccc(CN(C)C[C@@H](O)Cn3c(C)c(C)c4ccccc43)cc2)n1. The summed E-state index contributed by atoms with van der Waals surface area (Å²) in [6.45, 7) is 11.6. The molecule has 34 heavy (non-hydrogen) atoms. The summed E-state index contributed by atoms with van der Waals surface area (Å²) in [6, 6.07) is 18.7. The average molecular weight is 461 g/mol. The monoisotopic (exact) mass is 460 g/mol. The molecule has 6 heteroatoms. The zero-order valence-corrected chi connectivity index (χ0v) is 21.0. The molecule has 0 saturated heterocycles. The predicted octanol–water partition coefficient (Wildman–Crippen LogP) is 4.64. The van der Waals surface area contributed by atoms with Crippen molar-refractivity contribution in [1.82, 2.24) is 19.2 Å². The van der Waals surface area contributed by atoms with Crippen molar-refractivity contribution >= 4 is 10.9 Å². The molecule has 4 aromatic rings. The zero-order chi connectivity index (χ0) is 24.2. The Hall–Kier alpha value is -3.09. The Morgan fingerprint density at radius 3 is 2.47 bits per heavy atom. The highest BCUT2D eigenvalue weighted by atomic mass is 16.5. The maximum Gasteiger partial charge on any atom is 0.119 e. The molecule has 2 aromatic heterocycles. The van der Waals surface area contributed by atoms with Crippen LogP contribution in [0, 0.1) is 27.7 Å². The smallest absolute Gasteiger partial charge is 0.119 e. The number of nitrogens with zero attached hydrogens (tertiary/aromatic N) is 4. The van der Waals surface area contributed by atoms with Crippen LogP contribution in [0.2, 0.25) is 0 Å². The summed E-state index contributed by atoms with van der Waals surface area (Å²) >= 11 is 0. The van der Waals surface area contributed by atoms with Gasteiger partial charge in [-0.1, -0.05) is 30.3 Å². The second kappa shape index (κ2) is 10.5. The average Bonchev–Trinajstić information content (AvgIpc) is 3.25. The number of hydrogen-bond acceptors (Lipinski definition) is 4. The molecule has 180 valence electrons. The molecule has 6 nitrogen and oxygen atoms in total. The van der Waals surface area contributed by atoms with Gasteiger partial charge in [0.25, 0.3) is 0 Å². The van der Waals surface area contributed by atoms with Gasteiger partial charge in [0.1, 0.15) is 12.4 Å². The fourth-order valence-corrected chi connectivity index (χ4v) is 4.69. The van der Waals surface area contributed by atoms with Crippen molar-refractivity contribution in [2.45, 2.75) is 53.4 Å². The first-order valence-electron chi connectivity index (χ1n) is 12.0. The van der Waals surface area contributed by atoms with Gasteiger partial charge >= 0.3 is 0 Å². The van der Waals surface area contributed by atoms with Crippen molar-refractivity contribution in [3.8, 4) is 5.75 Å². The maximum absolute atomic E-state index is 10.8. The van der Waals surface area contributed by atoms with Crippen LogP contribution in [0.1, 0.15) is 28.2 Å². The van der Waals surface area contributed by atoms with Gasteiger partial charge in [0, 0.05) is 35.4 Å². The number of hydrogen-bond donors (Lipinski definition) is 1. The summed E-state index contributed by atoms with van der Waals surface area (Å²) in [7, 11) is 2.05. The molecule has 1 N–H and O–H groups in total. The number of para-hydroxylation sites is 1. The van der Waals surface area contributed by atoms with Crippen LogP contribution in [0.5, 0.6) is 5.75 Å². The van der Waals surface area contributed by atoms with E-state index >= 15 is 0 Å². The largest absolute Gasteiger partial charge is 0.492 e. The first-order valence-corrected chi connectivity index (χ1v) is 12.0. The van der Waals surface area contributed by atoms with Gasteiger partial charge in [0.05, 0.1) is 24.9 Å². The number of ether oxygens (including phenoxy) is 1. The van der Waals surface area contributed by atoms with Gasteiger partial charge in [-0.2, -0.15) is 5.10 Å². The molecule has 0 spiro atoms. The second-order valence-corrected chi connectivity index (χ2v) is 9.33. The van der Waals surface area contributed by atoms with Crippen LogP contribution in [-0.2, 0) is 19.6 Å². The molecule has 4 rings (SSSR count). The summed E-state index contributed by atoms with van der Waals surface area (Å²) in [6.07, 6.45) is -0.448. The molecule has 0 amide bonds. The quantitative estimate of drug-likeness (QED) is 0.375. The lowest BCUT2D eigenvalue weighted by Gasteiger charge is -2.22. The van der Waals surface area contributed by atoms with Gasteiger partial charge in [-0.3, -0.25) is 9.58 Å². The molecule has 1 atom stereocenters. The number of rotatable bonds is 10. The van der Waals surface area contributed by atoms with E-state index in [1.54, 1.807) is 0 Å². The van der Waals surface area contributed by atoms with Crippen molar-refractivity contribution in [2.75, 3.05) is 20.2 Å². The van der Waals surface area contributed by atoms with Crippen LogP contribution in [-0.4, -0.2) is 50.7 Å². The van der Waals surface area contributed by atoms with E-state index in [9.17, 15) is 5.11 Å². The molecule has 0 aliphatic heterocycles. The van der Waals surface area contributed by atoms with E-state index in [0.29, 0.717) is 19.7 Å². The van der Waals surface area contributed by atoms with Gasteiger partial charge in [0.2, 0.25) is 0 Å². The summed E-state index contributed by atoms with van der Waals surface area (Å²) in [4.78, 5) is 2.16. The van der Waals surface area contributed by atoms with E-state index in [1.165, 1.54) is 27.7 Å². The Balaban J connectivity index is 1.27. The van der Waals surface area contributed by atoms with Gasteiger partial charge in [-0.25, -0.2) is 0 Å². The Morgan fingerprint density at radius 1 is 1.03 bits per heavy atom. The van der Waals surface area contributed by atoms with E-state index in [0.717, 1.165) is 30.2 Å². The minimum atomic E-state index is -0.448. The fourth-order valence-electron chi connectivity index (χ4n) is 4.69. The number of fused-ring (bicyclic) bond motifs is 1. The molecule has 0 aliphatic rings. The number of aromatic nitrogens is 3. The van der Waals surface area contributed by atoms with Crippen LogP contribution >= 0.6 is 0 Å². The standard InChI is InChI=1S/C28H36N4O2/c1-20-16-21(2)32(29-20)14-15-34-26-12-10-24(11-13-26)17-30(5)18-25(33)19-31-23(4)22(3)27-8-6-7-9-28(27)31/h6-13,16,25,33H,14-15,17-19H2,1-5H3/t25-/m1/s1. The summed E-state index contributed by atoms with van der Waals surface area (Å²) in [5.41, 5.74) is 7.07. The van der Waals surface area contributed by atoms with Crippen molar-refractivity contribution in [3.05, 3.63) is 82.8 Å². The second-order valence-electron chi connectivity index (χ2n) is 9.33. The highest BCUT2D eigenvalue weighted by Gasteiger charge is 2.15. The normalized spacial score (nSPS) is 12.6. The van der Waals surface area contributed by atoms with E-state index in [4.69, 9.17) is 4.74 Å². The number of likely N-dealkylation sites (N-methyl/N-ethyl adjacent to an activating group) is 1. The van der Waals surface area contributed by atoms with Crippen LogP contribution in [0.4, 0.5) is 0 Å². The van der Waals surface area contributed by atoms with Crippen molar-refractivity contribution in [3.63, 3.8) is 0 Å². The van der Waals surface area contributed by atoms with Crippen LogP contribution in [0.15, 0.2) is 54.6 Å². The van der Waals surface area contributed by atoms with E-state index < -0.39 is 6.10 Å². The molecule has 0 aliphatic carbocycles. The minimum Gasteiger partial charge on any atom is -0.492 e. The van der Waals surface area contributed by atoms with E-state index in [2.05, 4.69) is 77.8 Å². The molecule has 0 saturated carbocycles. The third-order valence-electron chi connectivity index (χ3n) is 6.51. The summed E-state index contributed by atoms with van der Waals surface area (Å²) in [5.74, 6) is 0.860. The number of benzene rings is 2. The Bertz CT molecular complexity index is 1240. The first-order chi connectivity index (χ1) is 16.3. The third-order valence-corrected chi connectivity index (χ3v) is 6.51. The molecule has 0 radical (unpaired) electrons. The topological polar surface area (TPSA) is 55.4 Å². The highest BCUT2D eigenvalue weighted by molar-refractivity contribution is 5.85. The van der Waals surface area contributed by atoms with Crippen molar-refractivity contribution in [2.24, 2.45) is 0 Å². The molecule has 0 unspecified atom stereocenters. The maximum atomic E-state index is 10.8. The Morgan fingerprint density at radius 2 is 1.76 bits per heavy atom. The zero-order valence-electron chi connectivity index (χ0n) is 21.0. The Kier molecular flexibility index (Phi) is 7.39. The van der Waals surface area contributed by atoms with Crippen molar-refractivity contribution in [1.29, 1.82) is 0 Å². The summed E-state index contributed by atoms with van der Waals surface area (Å²) in [5, 5.41) is 16.5. The summed E-state index contributed by atoms with van der Waals surface area (Å²) < 4.78 is 10.1.